The summed E-state index contributed by atoms with van der Waals surface area (Å²) in [6.07, 6.45) is 0. The van der Waals surface area contributed by atoms with Crippen LogP contribution in [-0.2, 0) is 10.1 Å². The fourth-order valence-corrected chi connectivity index (χ4v) is 0. The zero-order chi connectivity index (χ0) is 7.00. The molecule has 0 aromatic heterocycles. The largest absolute Gasteiger partial charge is 0.522 e. The van der Waals surface area contributed by atoms with E-state index in [9.17, 15) is 13.2 Å². The molecule has 0 fully saturated rings. The molecule has 3 nitrogen and oxygen atoms in total. The molecule has 0 heterocycles. The molecule has 0 aliphatic carbocycles. The van der Waals surface area contributed by atoms with Gasteiger partial charge in [0, 0.05) is 17.4 Å². The topological polar surface area (TPSA) is 54.4 Å². The molecule has 0 saturated carbocycles. The number of rotatable bonds is 0. The van der Waals surface area contributed by atoms with Crippen LogP contribution in [0.3, 0.4) is 0 Å². The van der Waals surface area contributed by atoms with Crippen molar-refractivity contribution in [1.82, 2.24) is 0 Å². The molecule has 0 amide bonds. The van der Waals surface area contributed by atoms with Crippen molar-refractivity contribution in [2.75, 3.05) is 0 Å². The van der Waals surface area contributed by atoms with E-state index in [0.29, 0.717) is 0 Å². The normalized spacial score (nSPS) is 12.4. The second-order valence-corrected chi connectivity index (χ2v) is 2.33. The molecule has 0 unspecified atom stereocenters. The lowest BCUT2D eigenvalue weighted by Crippen LogP contribution is -2.21. The lowest BCUT2D eigenvalue weighted by Gasteiger charge is -1.97. The van der Waals surface area contributed by atoms with Gasteiger partial charge in [-0.15, -0.1) is 0 Å². The molecule has 3 radical (unpaired) electrons. The molecular weight excluding hydrogens is 176 g/mol. The molecule has 0 saturated heterocycles. The van der Waals surface area contributed by atoms with Crippen molar-refractivity contribution < 1.29 is 26.1 Å². The van der Waals surface area contributed by atoms with Crippen LogP contribution >= 0.6 is 0 Å². The Balaban J connectivity index is 0. The summed E-state index contributed by atoms with van der Waals surface area (Å²) in [6, 6.07) is 0. The van der Waals surface area contributed by atoms with Crippen molar-refractivity contribution in [2.24, 2.45) is 0 Å². The number of alkyl halides is 3. The Bertz CT molecular complexity index is 168. The molecule has 0 aromatic rings. The van der Waals surface area contributed by atoms with Crippen LogP contribution in [0.15, 0.2) is 0 Å². The molecule has 0 aliphatic rings. The maximum Gasteiger partial charge on any atom is 0.522 e. The Morgan fingerprint density at radius 2 is 1.33 bits per heavy atom. The smallest absolute Gasteiger partial charge is 0.279 e. The predicted octanol–water partition coefficient (Wildman–Crippen LogP) is 0.0132. The van der Waals surface area contributed by atoms with Crippen molar-refractivity contribution in [3.8, 4) is 0 Å². The highest BCUT2D eigenvalue weighted by Gasteiger charge is 2.44. The molecular formula is CHAlF3O3S. The number of hydrogen-bond donors (Lipinski definition) is 1. The van der Waals surface area contributed by atoms with Crippen molar-refractivity contribution >= 4 is 27.5 Å². The first-order valence-electron chi connectivity index (χ1n) is 1.29. The van der Waals surface area contributed by atoms with Crippen LogP contribution in [0.4, 0.5) is 13.2 Å². The third-order valence-corrected chi connectivity index (χ3v) is 0.877. The van der Waals surface area contributed by atoms with Gasteiger partial charge in [-0.1, -0.05) is 0 Å². The summed E-state index contributed by atoms with van der Waals surface area (Å²) >= 11 is 0. The van der Waals surface area contributed by atoms with Gasteiger partial charge in [0.25, 0.3) is 0 Å². The highest BCUT2D eigenvalue weighted by atomic mass is 32.2. The van der Waals surface area contributed by atoms with E-state index in [1.54, 1.807) is 0 Å². The highest BCUT2D eigenvalue weighted by molar-refractivity contribution is 7.86. The maximum absolute atomic E-state index is 10.7. The standard InChI is InChI=1S/CHF3O3S.Al/c2-1(3,4)8(5,6)7;/h(H,5,6,7);. The molecule has 53 valence electrons. The Labute approximate surface area is 59.7 Å². The minimum Gasteiger partial charge on any atom is -0.279 e. The van der Waals surface area contributed by atoms with E-state index in [-0.39, 0.29) is 17.4 Å². The average molecular weight is 177 g/mol. The Hall–Kier alpha value is 0.232. The summed E-state index contributed by atoms with van der Waals surface area (Å²) in [5.74, 6) is 0. The predicted molar refractivity (Wildman–Crippen MR) is 23.4 cm³/mol. The molecule has 1 N–H and O–H groups in total. The zero-order valence-electron chi connectivity index (χ0n) is 3.88. The summed E-state index contributed by atoms with van der Waals surface area (Å²) in [5.41, 5.74) is -5.53. The third kappa shape index (κ3) is 3.75. The zero-order valence-corrected chi connectivity index (χ0v) is 5.85. The van der Waals surface area contributed by atoms with E-state index in [0.717, 1.165) is 0 Å². The van der Waals surface area contributed by atoms with Crippen LogP contribution in [0, 0.1) is 0 Å². The molecule has 0 spiro atoms. The van der Waals surface area contributed by atoms with Gasteiger partial charge in [-0.25, -0.2) is 0 Å². The Morgan fingerprint density at radius 1 is 1.22 bits per heavy atom. The first-order valence-corrected chi connectivity index (χ1v) is 2.73. The van der Waals surface area contributed by atoms with Gasteiger partial charge in [0.05, 0.1) is 0 Å². The number of halogens is 3. The van der Waals surface area contributed by atoms with Crippen LogP contribution in [0.5, 0.6) is 0 Å². The van der Waals surface area contributed by atoms with Crippen LogP contribution in [0.2, 0.25) is 0 Å². The van der Waals surface area contributed by atoms with Crippen LogP contribution in [0.25, 0.3) is 0 Å². The fraction of sp³-hybridized carbons (Fsp3) is 1.00. The third-order valence-electron chi connectivity index (χ3n) is 0.292. The van der Waals surface area contributed by atoms with Crippen molar-refractivity contribution in [3.05, 3.63) is 0 Å². The van der Waals surface area contributed by atoms with Gasteiger partial charge in [-0.05, 0) is 0 Å². The average Bonchev–Trinajstić information content (AvgIpc) is 1.25. The molecule has 0 aliphatic heterocycles. The maximum atomic E-state index is 10.7. The SMILES string of the molecule is O=S(=O)(O)C(F)(F)F.[Al]. The lowest BCUT2D eigenvalue weighted by molar-refractivity contribution is -0.0510. The summed E-state index contributed by atoms with van der Waals surface area (Å²) < 4.78 is 57.5. The molecule has 9 heavy (non-hydrogen) atoms. The number of hydrogen-bond acceptors (Lipinski definition) is 2. The molecule has 0 aromatic carbocycles. The van der Waals surface area contributed by atoms with E-state index in [1.165, 1.54) is 0 Å². The summed E-state index contributed by atoms with van der Waals surface area (Å²) in [7, 11) is -5.84. The van der Waals surface area contributed by atoms with E-state index < -0.39 is 15.6 Å². The lowest BCUT2D eigenvalue weighted by atomic mass is 11.6. The monoisotopic (exact) mass is 177 g/mol. The summed E-state index contributed by atoms with van der Waals surface area (Å²) in [4.78, 5) is 0. The van der Waals surface area contributed by atoms with Gasteiger partial charge in [-0.3, -0.25) is 4.55 Å². The van der Waals surface area contributed by atoms with E-state index in [1.807, 2.05) is 0 Å². The quantitative estimate of drug-likeness (QED) is 0.322. The van der Waals surface area contributed by atoms with E-state index in [4.69, 9.17) is 13.0 Å². The van der Waals surface area contributed by atoms with E-state index >= 15 is 0 Å². The molecule has 8 heteroatoms. The minimum atomic E-state index is -5.84. The van der Waals surface area contributed by atoms with Gasteiger partial charge in [-0.2, -0.15) is 21.6 Å². The minimum absolute atomic E-state index is 0. The molecule has 0 atom stereocenters. The first-order chi connectivity index (χ1) is 3.25. The van der Waals surface area contributed by atoms with Gasteiger partial charge < -0.3 is 0 Å². The van der Waals surface area contributed by atoms with Gasteiger partial charge in [0.2, 0.25) is 0 Å². The fourth-order valence-electron chi connectivity index (χ4n) is 0. The van der Waals surface area contributed by atoms with Crippen LogP contribution < -0.4 is 0 Å². The van der Waals surface area contributed by atoms with Crippen molar-refractivity contribution in [2.45, 2.75) is 5.51 Å². The van der Waals surface area contributed by atoms with Crippen molar-refractivity contribution in [3.63, 3.8) is 0 Å². The van der Waals surface area contributed by atoms with Crippen LogP contribution in [-0.4, -0.2) is 35.8 Å². The summed E-state index contributed by atoms with van der Waals surface area (Å²) in [5, 5.41) is 0. The first kappa shape index (κ1) is 12.0. The second kappa shape index (κ2) is 2.88. The molecule has 0 bridgehead atoms. The summed E-state index contributed by atoms with van der Waals surface area (Å²) in [6.45, 7) is 0. The van der Waals surface area contributed by atoms with Gasteiger partial charge >= 0.3 is 15.6 Å². The highest BCUT2D eigenvalue weighted by Crippen LogP contribution is 2.20. The van der Waals surface area contributed by atoms with Gasteiger partial charge in [0.1, 0.15) is 0 Å². The second-order valence-electron chi connectivity index (χ2n) is 0.921. The van der Waals surface area contributed by atoms with Crippen molar-refractivity contribution in [1.29, 1.82) is 0 Å². The van der Waals surface area contributed by atoms with Crippen LogP contribution in [0.1, 0.15) is 0 Å². The molecule has 0 rings (SSSR count). The van der Waals surface area contributed by atoms with Gasteiger partial charge in [0.15, 0.2) is 0 Å². The Morgan fingerprint density at radius 3 is 1.33 bits per heavy atom. The Kier molecular flexibility index (Phi) is 3.83. The van der Waals surface area contributed by atoms with E-state index in [2.05, 4.69) is 0 Å².